The first-order valence-corrected chi connectivity index (χ1v) is 6.69. The second-order valence-electron chi connectivity index (χ2n) is 4.97. The summed E-state index contributed by atoms with van der Waals surface area (Å²) in [5.74, 6) is -0.0263. The molecule has 2 rings (SSSR count). The van der Waals surface area contributed by atoms with Crippen LogP contribution in [0.15, 0.2) is 30.3 Å². The minimum Gasteiger partial charge on any atom is -0.337 e. The van der Waals surface area contributed by atoms with Gasteiger partial charge in [-0.25, -0.2) is 0 Å². The van der Waals surface area contributed by atoms with Gasteiger partial charge in [0.1, 0.15) is 0 Å². The van der Waals surface area contributed by atoms with E-state index in [0.29, 0.717) is 25.4 Å². The van der Waals surface area contributed by atoms with E-state index in [4.69, 9.17) is 11.0 Å². The summed E-state index contributed by atoms with van der Waals surface area (Å²) in [7, 11) is 0. The molecule has 1 aliphatic carbocycles. The molecular weight excluding hydrogens is 238 g/mol. The minimum absolute atomic E-state index is 0.0263. The first kappa shape index (κ1) is 13.6. The molecule has 0 radical (unpaired) electrons. The summed E-state index contributed by atoms with van der Waals surface area (Å²) in [6, 6.07) is 11.7. The highest BCUT2D eigenvalue weighted by Gasteiger charge is 2.34. The molecule has 1 amide bonds. The van der Waals surface area contributed by atoms with Crippen LogP contribution in [-0.4, -0.2) is 29.4 Å². The molecule has 4 nitrogen and oxygen atoms in total. The summed E-state index contributed by atoms with van der Waals surface area (Å²) in [6.45, 7) is 0.502. The highest BCUT2D eigenvalue weighted by Crippen LogP contribution is 2.27. The largest absolute Gasteiger partial charge is 0.337 e. The molecule has 1 aromatic rings. The lowest BCUT2D eigenvalue weighted by atomic mass is 10.1. The number of hydrogen-bond acceptors (Lipinski definition) is 3. The molecule has 0 bridgehead atoms. The van der Waals surface area contributed by atoms with Gasteiger partial charge in [-0.3, -0.25) is 4.79 Å². The van der Waals surface area contributed by atoms with Crippen molar-refractivity contribution in [3.8, 4) is 6.07 Å². The van der Waals surface area contributed by atoms with Gasteiger partial charge in [-0.2, -0.15) is 5.26 Å². The predicted octanol–water partition coefficient (Wildman–Crippen LogP) is 1.46. The summed E-state index contributed by atoms with van der Waals surface area (Å²) < 4.78 is 0. The van der Waals surface area contributed by atoms with E-state index in [1.807, 2.05) is 30.3 Å². The monoisotopic (exact) mass is 257 g/mol. The van der Waals surface area contributed by atoms with Crippen LogP contribution in [0.25, 0.3) is 0 Å². The van der Waals surface area contributed by atoms with Crippen LogP contribution in [-0.2, 0) is 11.2 Å². The van der Waals surface area contributed by atoms with Crippen LogP contribution in [0.4, 0.5) is 0 Å². The van der Waals surface area contributed by atoms with Crippen molar-refractivity contribution in [3.63, 3.8) is 0 Å². The Balaban J connectivity index is 1.95. The number of carbonyl (C=O) groups excluding carboxylic acids is 1. The van der Waals surface area contributed by atoms with Gasteiger partial charge in [0.2, 0.25) is 5.91 Å². The lowest BCUT2D eigenvalue weighted by molar-refractivity contribution is -0.133. The fourth-order valence-corrected chi connectivity index (χ4v) is 2.20. The van der Waals surface area contributed by atoms with E-state index in [1.165, 1.54) is 0 Å². The number of benzene rings is 1. The van der Waals surface area contributed by atoms with Crippen molar-refractivity contribution in [2.45, 2.75) is 37.8 Å². The molecule has 1 aromatic carbocycles. The molecule has 0 heterocycles. The zero-order valence-corrected chi connectivity index (χ0v) is 11.0. The van der Waals surface area contributed by atoms with Crippen LogP contribution < -0.4 is 5.73 Å². The average molecular weight is 257 g/mol. The summed E-state index contributed by atoms with van der Waals surface area (Å²) >= 11 is 0. The van der Waals surface area contributed by atoms with Gasteiger partial charge in [-0.05, 0) is 24.8 Å². The smallest absolute Gasteiger partial charge is 0.240 e. The molecule has 19 heavy (non-hydrogen) atoms. The third kappa shape index (κ3) is 3.80. The molecule has 0 aromatic heterocycles. The van der Waals surface area contributed by atoms with Gasteiger partial charge in [0.05, 0.1) is 18.5 Å². The van der Waals surface area contributed by atoms with Crippen LogP contribution in [0.2, 0.25) is 0 Å². The molecule has 1 fully saturated rings. The maximum atomic E-state index is 12.3. The quantitative estimate of drug-likeness (QED) is 0.838. The van der Waals surface area contributed by atoms with Gasteiger partial charge < -0.3 is 10.6 Å². The van der Waals surface area contributed by atoms with E-state index < -0.39 is 6.04 Å². The highest BCUT2D eigenvalue weighted by atomic mass is 16.2. The Labute approximate surface area is 113 Å². The normalized spacial score (nSPS) is 15.6. The van der Waals surface area contributed by atoms with Crippen LogP contribution >= 0.6 is 0 Å². The first-order valence-electron chi connectivity index (χ1n) is 6.69. The molecular formula is C15H19N3O. The third-order valence-corrected chi connectivity index (χ3v) is 3.35. The Morgan fingerprint density at radius 3 is 2.68 bits per heavy atom. The van der Waals surface area contributed by atoms with E-state index in [-0.39, 0.29) is 5.91 Å². The Bertz CT molecular complexity index is 462. The fraction of sp³-hybridized carbons (Fsp3) is 0.467. The summed E-state index contributed by atoms with van der Waals surface area (Å²) in [4.78, 5) is 14.1. The van der Waals surface area contributed by atoms with E-state index >= 15 is 0 Å². The standard InChI is InChI=1S/C15H19N3O/c16-9-4-10-18(13-7-8-13)15(19)14(17)11-12-5-2-1-3-6-12/h1-3,5-6,13-14H,4,7-8,10-11,17H2. The molecule has 0 aliphatic heterocycles. The van der Waals surface area contributed by atoms with Crippen molar-refractivity contribution in [3.05, 3.63) is 35.9 Å². The lowest BCUT2D eigenvalue weighted by Crippen LogP contribution is -2.46. The molecule has 1 aliphatic rings. The Hall–Kier alpha value is -1.86. The van der Waals surface area contributed by atoms with Crippen LogP contribution in [0.5, 0.6) is 0 Å². The number of nitrogens with two attached hydrogens (primary N) is 1. The number of hydrogen-bond donors (Lipinski definition) is 1. The number of nitriles is 1. The summed E-state index contributed by atoms with van der Waals surface area (Å²) in [5, 5.41) is 8.65. The van der Waals surface area contributed by atoms with E-state index in [0.717, 1.165) is 18.4 Å². The van der Waals surface area contributed by atoms with Gasteiger partial charge >= 0.3 is 0 Å². The van der Waals surface area contributed by atoms with Gasteiger partial charge in [-0.1, -0.05) is 30.3 Å². The maximum Gasteiger partial charge on any atom is 0.240 e. The third-order valence-electron chi connectivity index (χ3n) is 3.35. The number of rotatable bonds is 6. The second kappa shape index (κ2) is 6.35. The Morgan fingerprint density at radius 1 is 1.42 bits per heavy atom. The van der Waals surface area contributed by atoms with Crippen LogP contribution in [0.3, 0.4) is 0 Å². The van der Waals surface area contributed by atoms with Crippen molar-refractivity contribution in [1.82, 2.24) is 4.90 Å². The van der Waals surface area contributed by atoms with E-state index in [1.54, 1.807) is 4.90 Å². The molecule has 100 valence electrons. The Kier molecular flexibility index (Phi) is 4.53. The maximum absolute atomic E-state index is 12.3. The molecule has 1 saturated carbocycles. The molecule has 0 spiro atoms. The zero-order chi connectivity index (χ0) is 13.7. The summed E-state index contributed by atoms with van der Waals surface area (Å²) in [5.41, 5.74) is 7.08. The van der Waals surface area contributed by atoms with Crippen molar-refractivity contribution < 1.29 is 4.79 Å². The first-order chi connectivity index (χ1) is 9.22. The van der Waals surface area contributed by atoms with Crippen molar-refractivity contribution in [2.75, 3.05) is 6.54 Å². The zero-order valence-electron chi connectivity index (χ0n) is 11.0. The van der Waals surface area contributed by atoms with Gasteiger partial charge in [0.15, 0.2) is 0 Å². The second-order valence-corrected chi connectivity index (χ2v) is 4.97. The van der Waals surface area contributed by atoms with Crippen LogP contribution in [0.1, 0.15) is 24.8 Å². The number of carbonyl (C=O) groups is 1. The van der Waals surface area contributed by atoms with Gasteiger partial charge in [0.25, 0.3) is 0 Å². The molecule has 1 unspecified atom stereocenters. The minimum atomic E-state index is -0.512. The van der Waals surface area contributed by atoms with E-state index in [9.17, 15) is 4.79 Å². The van der Waals surface area contributed by atoms with Gasteiger partial charge in [0, 0.05) is 12.6 Å². The van der Waals surface area contributed by atoms with E-state index in [2.05, 4.69) is 6.07 Å². The number of amides is 1. The van der Waals surface area contributed by atoms with Crippen LogP contribution in [0, 0.1) is 11.3 Å². The SMILES string of the molecule is N#CCCN(C(=O)C(N)Cc1ccccc1)C1CC1. The molecule has 4 heteroatoms. The predicted molar refractivity (Wildman–Crippen MR) is 73.1 cm³/mol. The van der Waals surface area contributed by atoms with Crippen molar-refractivity contribution in [1.29, 1.82) is 5.26 Å². The average Bonchev–Trinajstić information content (AvgIpc) is 3.24. The highest BCUT2D eigenvalue weighted by molar-refractivity contribution is 5.82. The topological polar surface area (TPSA) is 70.1 Å². The molecule has 0 saturated heterocycles. The molecule has 1 atom stereocenters. The lowest BCUT2D eigenvalue weighted by Gasteiger charge is -2.24. The molecule has 2 N–H and O–H groups in total. The van der Waals surface area contributed by atoms with Gasteiger partial charge in [-0.15, -0.1) is 0 Å². The summed E-state index contributed by atoms with van der Waals surface area (Å²) in [6.07, 6.45) is 3.00. The van der Waals surface area contributed by atoms with Crippen molar-refractivity contribution >= 4 is 5.91 Å². The number of nitrogens with zero attached hydrogens (tertiary/aromatic N) is 2. The van der Waals surface area contributed by atoms with Crippen molar-refractivity contribution in [2.24, 2.45) is 5.73 Å². The fourth-order valence-electron chi connectivity index (χ4n) is 2.20. The Morgan fingerprint density at radius 2 is 2.11 bits per heavy atom.